The maximum atomic E-state index is 13.5. The van der Waals surface area contributed by atoms with Crippen molar-refractivity contribution in [1.29, 1.82) is 0 Å². The van der Waals surface area contributed by atoms with E-state index < -0.39 is 11.7 Å². The first-order valence-corrected chi connectivity index (χ1v) is 7.82. The van der Waals surface area contributed by atoms with Crippen LogP contribution >= 0.6 is 15.9 Å². The number of hydrogen-bond acceptors (Lipinski definition) is 2. The summed E-state index contributed by atoms with van der Waals surface area (Å²) in [4.78, 5) is 4.43. The van der Waals surface area contributed by atoms with Gasteiger partial charge in [0.05, 0.1) is 22.3 Å². The first kappa shape index (κ1) is 16.0. The Hall–Kier alpha value is -1.89. The Bertz CT molecular complexity index is 867. The predicted molar refractivity (Wildman–Crippen MR) is 86.1 cm³/mol. The molecule has 0 spiro atoms. The second kappa shape index (κ2) is 5.63. The molecule has 0 saturated heterocycles. The second-order valence-corrected chi connectivity index (χ2v) is 6.08. The molecule has 0 bridgehead atoms. The summed E-state index contributed by atoms with van der Waals surface area (Å²) in [5, 5.41) is 4.25. The fourth-order valence-corrected chi connectivity index (χ4v) is 2.83. The lowest BCUT2D eigenvalue weighted by atomic mass is 10.1. The molecule has 0 fully saturated rings. The van der Waals surface area contributed by atoms with Crippen molar-refractivity contribution in [3.8, 4) is 11.3 Å². The van der Waals surface area contributed by atoms with Gasteiger partial charge in [-0.1, -0.05) is 28.1 Å². The lowest BCUT2D eigenvalue weighted by Gasteiger charge is -2.11. The van der Waals surface area contributed by atoms with E-state index in [9.17, 15) is 13.2 Å². The maximum Gasteiger partial charge on any atom is 0.417 e. The smallest absolute Gasteiger partial charge is 0.247 e. The van der Waals surface area contributed by atoms with Gasteiger partial charge in [-0.15, -0.1) is 0 Å². The molecule has 3 aromatic rings. The molecule has 2 heterocycles. The van der Waals surface area contributed by atoms with Crippen LogP contribution < -0.4 is 0 Å². The van der Waals surface area contributed by atoms with Gasteiger partial charge >= 0.3 is 6.18 Å². The fraction of sp³-hybridized carbons (Fsp3) is 0.250. The standard InChI is InChI=1S/C16H13BrF3N3/c1-3-23-15-14(9(2)22-23)12(16(18,19)20)8-13(21-15)10-4-6-11(17)7-5-10/h4-8H,3H2,1-2H3. The van der Waals surface area contributed by atoms with Crippen LogP contribution in [0.5, 0.6) is 0 Å². The summed E-state index contributed by atoms with van der Waals surface area (Å²) in [7, 11) is 0. The average Bonchev–Trinajstić information content (AvgIpc) is 2.82. The Kier molecular flexibility index (Phi) is 3.91. The van der Waals surface area contributed by atoms with Crippen LogP contribution in [0.3, 0.4) is 0 Å². The van der Waals surface area contributed by atoms with Crippen LogP contribution in [-0.2, 0) is 12.7 Å². The van der Waals surface area contributed by atoms with Crippen molar-refractivity contribution in [3.63, 3.8) is 0 Å². The number of aryl methyl sites for hydroxylation is 2. The van der Waals surface area contributed by atoms with E-state index in [1.807, 2.05) is 6.92 Å². The third kappa shape index (κ3) is 2.85. The first-order chi connectivity index (χ1) is 10.8. The highest BCUT2D eigenvalue weighted by atomic mass is 79.9. The van der Waals surface area contributed by atoms with E-state index in [-0.39, 0.29) is 16.7 Å². The van der Waals surface area contributed by atoms with Gasteiger partial charge < -0.3 is 0 Å². The highest BCUT2D eigenvalue weighted by Crippen LogP contribution is 2.38. The Morgan fingerprint density at radius 1 is 1.17 bits per heavy atom. The zero-order valence-corrected chi connectivity index (χ0v) is 14.0. The van der Waals surface area contributed by atoms with Gasteiger partial charge in [0.15, 0.2) is 5.65 Å². The van der Waals surface area contributed by atoms with Gasteiger partial charge in [0, 0.05) is 16.6 Å². The van der Waals surface area contributed by atoms with E-state index in [0.29, 0.717) is 17.8 Å². The van der Waals surface area contributed by atoms with E-state index in [1.165, 1.54) is 4.68 Å². The Morgan fingerprint density at radius 2 is 1.83 bits per heavy atom. The lowest BCUT2D eigenvalue weighted by Crippen LogP contribution is -2.08. The fourth-order valence-electron chi connectivity index (χ4n) is 2.57. The molecule has 1 aromatic carbocycles. The van der Waals surface area contributed by atoms with Gasteiger partial charge in [-0.3, -0.25) is 0 Å². The summed E-state index contributed by atoms with van der Waals surface area (Å²) < 4.78 is 42.9. The van der Waals surface area contributed by atoms with Crippen molar-refractivity contribution >= 4 is 27.0 Å². The molecule has 0 aliphatic heterocycles. The molecule has 2 aromatic heterocycles. The lowest BCUT2D eigenvalue weighted by molar-refractivity contribution is -0.136. The molecule has 3 rings (SSSR count). The van der Waals surface area contributed by atoms with Gasteiger partial charge in [-0.25, -0.2) is 9.67 Å². The number of hydrogen-bond donors (Lipinski definition) is 0. The number of alkyl halides is 3. The molecule has 0 saturated carbocycles. The third-order valence-electron chi connectivity index (χ3n) is 3.62. The molecule has 0 aliphatic carbocycles. The van der Waals surface area contributed by atoms with Crippen LogP contribution in [0.4, 0.5) is 13.2 Å². The van der Waals surface area contributed by atoms with E-state index in [1.54, 1.807) is 31.2 Å². The number of benzene rings is 1. The third-order valence-corrected chi connectivity index (χ3v) is 4.15. The Balaban J connectivity index is 2.34. The largest absolute Gasteiger partial charge is 0.417 e. The molecule has 0 unspecified atom stereocenters. The number of fused-ring (bicyclic) bond motifs is 1. The van der Waals surface area contributed by atoms with Crippen LogP contribution in [0.25, 0.3) is 22.3 Å². The Labute approximate surface area is 139 Å². The summed E-state index contributed by atoms with van der Waals surface area (Å²) >= 11 is 3.32. The quantitative estimate of drug-likeness (QED) is 0.608. The SMILES string of the molecule is CCn1nc(C)c2c(C(F)(F)F)cc(-c3ccc(Br)cc3)nc21. The second-order valence-electron chi connectivity index (χ2n) is 5.16. The van der Waals surface area contributed by atoms with Crippen molar-refractivity contribution < 1.29 is 13.2 Å². The Morgan fingerprint density at radius 3 is 2.39 bits per heavy atom. The van der Waals surface area contributed by atoms with Gasteiger partial charge in [-0.05, 0) is 32.0 Å². The van der Waals surface area contributed by atoms with Gasteiger partial charge in [0.1, 0.15) is 0 Å². The van der Waals surface area contributed by atoms with Crippen molar-refractivity contribution in [2.24, 2.45) is 0 Å². The zero-order chi connectivity index (χ0) is 16.8. The van der Waals surface area contributed by atoms with Gasteiger partial charge in [-0.2, -0.15) is 18.3 Å². The van der Waals surface area contributed by atoms with Crippen molar-refractivity contribution in [3.05, 3.63) is 46.1 Å². The summed E-state index contributed by atoms with van der Waals surface area (Å²) in [6.45, 7) is 3.86. The van der Waals surface area contributed by atoms with Crippen molar-refractivity contribution in [2.45, 2.75) is 26.6 Å². The van der Waals surface area contributed by atoms with E-state index >= 15 is 0 Å². The molecule has 7 heteroatoms. The number of nitrogens with zero attached hydrogens (tertiary/aromatic N) is 3. The van der Waals surface area contributed by atoms with Gasteiger partial charge in [0.2, 0.25) is 0 Å². The summed E-state index contributed by atoms with van der Waals surface area (Å²) in [5.74, 6) is 0. The molecule has 0 amide bonds. The minimum atomic E-state index is -4.46. The topological polar surface area (TPSA) is 30.7 Å². The molecular formula is C16H13BrF3N3. The molecule has 0 N–H and O–H groups in total. The van der Waals surface area contributed by atoms with Crippen LogP contribution in [0.15, 0.2) is 34.8 Å². The van der Waals surface area contributed by atoms with Crippen molar-refractivity contribution in [2.75, 3.05) is 0 Å². The van der Waals surface area contributed by atoms with Crippen LogP contribution in [-0.4, -0.2) is 14.8 Å². The van der Waals surface area contributed by atoms with E-state index in [4.69, 9.17) is 0 Å². The van der Waals surface area contributed by atoms with Crippen LogP contribution in [0, 0.1) is 6.92 Å². The molecule has 0 radical (unpaired) electrons. The molecule has 0 atom stereocenters. The summed E-state index contributed by atoms with van der Waals surface area (Å²) in [5.41, 5.74) is 0.813. The van der Waals surface area contributed by atoms with Gasteiger partial charge in [0.25, 0.3) is 0 Å². The normalized spacial score (nSPS) is 12.1. The van der Waals surface area contributed by atoms with Crippen LogP contribution in [0.1, 0.15) is 18.2 Å². The van der Waals surface area contributed by atoms with E-state index in [2.05, 4.69) is 26.0 Å². The van der Waals surface area contributed by atoms with Crippen molar-refractivity contribution in [1.82, 2.24) is 14.8 Å². The summed E-state index contributed by atoms with van der Waals surface area (Å²) in [6, 6.07) is 8.11. The van der Waals surface area contributed by atoms with E-state index in [0.717, 1.165) is 10.5 Å². The maximum absolute atomic E-state index is 13.5. The predicted octanol–water partition coefficient (Wildman–Crippen LogP) is 5.21. The first-order valence-electron chi connectivity index (χ1n) is 7.02. The minimum Gasteiger partial charge on any atom is -0.247 e. The number of rotatable bonds is 2. The number of pyridine rings is 1. The van der Waals surface area contributed by atoms with Crippen LogP contribution in [0.2, 0.25) is 0 Å². The molecule has 120 valence electrons. The average molecular weight is 384 g/mol. The monoisotopic (exact) mass is 383 g/mol. The molecule has 23 heavy (non-hydrogen) atoms. The molecular weight excluding hydrogens is 371 g/mol. The summed E-state index contributed by atoms with van der Waals surface area (Å²) in [6.07, 6.45) is -4.46. The molecule has 3 nitrogen and oxygen atoms in total. The molecule has 0 aliphatic rings. The highest BCUT2D eigenvalue weighted by molar-refractivity contribution is 9.10. The number of halogens is 4. The highest BCUT2D eigenvalue weighted by Gasteiger charge is 2.35. The number of aromatic nitrogens is 3. The zero-order valence-electron chi connectivity index (χ0n) is 12.4. The minimum absolute atomic E-state index is 0.0696.